The number of methoxy groups -OCH3 is 2. The minimum Gasteiger partial charge on any atom is -0.595 e. The molecule has 37 heavy (non-hydrogen) atoms. The van der Waals surface area contributed by atoms with Crippen molar-refractivity contribution < 1.29 is 39.0 Å². The average molecular weight is 549 g/mol. The fourth-order valence-corrected chi connectivity index (χ4v) is 5.86. The SMILES string of the molecule is COc1cc(OC)c2c(c1Cl)O[C@@]1(C(=O)C3=C(C[C@H]1C)NC(=O)CC3c1ccc(Cl)c([NH+]([O-])O)c1)C2=O. The van der Waals surface area contributed by atoms with Crippen molar-refractivity contribution in [2.45, 2.75) is 31.3 Å². The van der Waals surface area contributed by atoms with Gasteiger partial charge >= 0.3 is 0 Å². The number of Topliss-reactive ketones (excluding diaryl/α,β-unsaturated/α-hetero) is 2. The van der Waals surface area contributed by atoms with Crippen LogP contribution in [0.15, 0.2) is 35.5 Å². The smallest absolute Gasteiger partial charge is 0.236 e. The van der Waals surface area contributed by atoms with Gasteiger partial charge in [-0.2, -0.15) is 5.23 Å². The number of benzene rings is 2. The molecule has 0 saturated heterocycles. The first-order valence-corrected chi connectivity index (χ1v) is 12.1. The molecule has 3 N–H and O–H groups in total. The molecule has 10 nitrogen and oxygen atoms in total. The second-order valence-corrected chi connectivity index (χ2v) is 9.93. The van der Waals surface area contributed by atoms with Crippen molar-refractivity contribution in [2.75, 3.05) is 14.2 Å². The topological polar surface area (TPSA) is 139 Å². The Morgan fingerprint density at radius 1 is 1.11 bits per heavy atom. The van der Waals surface area contributed by atoms with Gasteiger partial charge in [-0.1, -0.05) is 36.2 Å². The van der Waals surface area contributed by atoms with Crippen molar-refractivity contribution in [3.05, 3.63) is 61.9 Å². The third-order valence-corrected chi connectivity index (χ3v) is 7.87. The van der Waals surface area contributed by atoms with Crippen molar-refractivity contribution in [3.63, 3.8) is 0 Å². The van der Waals surface area contributed by atoms with E-state index in [4.69, 9.17) is 37.4 Å². The van der Waals surface area contributed by atoms with Gasteiger partial charge in [-0.3, -0.25) is 14.4 Å². The number of hydrogen-bond acceptors (Lipinski definition) is 8. The van der Waals surface area contributed by atoms with Gasteiger partial charge in [-0.25, -0.2) is 5.21 Å². The van der Waals surface area contributed by atoms with Crippen LogP contribution < -0.4 is 24.8 Å². The number of quaternary nitrogens is 1. The quantitative estimate of drug-likeness (QED) is 0.391. The van der Waals surface area contributed by atoms with Crippen LogP contribution in [-0.2, 0) is 9.59 Å². The summed E-state index contributed by atoms with van der Waals surface area (Å²) in [6, 6.07) is 5.77. The molecule has 2 unspecified atom stereocenters. The third-order valence-electron chi connectivity index (χ3n) is 7.18. The molecular weight excluding hydrogens is 527 g/mol. The van der Waals surface area contributed by atoms with Gasteiger partial charge in [-0.05, 0) is 18.1 Å². The van der Waals surface area contributed by atoms with Crippen LogP contribution in [0.3, 0.4) is 0 Å². The Bertz CT molecular complexity index is 1410. The highest BCUT2D eigenvalue weighted by atomic mass is 35.5. The molecule has 12 heteroatoms. The highest BCUT2D eigenvalue weighted by Gasteiger charge is 2.63. The Morgan fingerprint density at radius 3 is 2.46 bits per heavy atom. The number of fused-ring (bicyclic) bond motifs is 1. The van der Waals surface area contributed by atoms with Crippen LogP contribution in [0.4, 0.5) is 5.69 Å². The van der Waals surface area contributed by atoms with Gasteiger partial charge in [0.25, 0.3) is 0 Å². The second-order valence-electron chi connectivity index (χ2n) is 9.14. The van der Waals surface area contributed by atoms with E-state index in [2.05, 4.69) is 5.32 Å². The summed E-state index contributed by atoms with van der Waals surface area (Å²) in [5.41, 5.74) is -1.12. The summed E-state index contributed by atoms with van der Waals surface area (Å²) in [5.74, 6) is -2.71. The van der Waals surface area contributed by atoms with Crippen molar-refractivity contribution in [3.8, 4) is 17.2 Å². The van der Waals surface area contributed by atoms with Crippen LogP contribution in [0.25, 0.3) is 0 Å². The number of allylic oxidation sites excluding steroid dienone is 1. The lowest BCUT2D eigenvalue weighted by Crippen LogP contribution is -2.99. The van der Waals surface area contributed by atoms with Gasteiger partial charge < -0.3 is 24.7 Å². The highest BCUT2D eigenvalue weighted by molar-refractivity contribution is 6.36. The van der Waals surface area contributed by atoms with Gasteiger partial charge in [-0.15, -0.1) is 0 Å². The molecule has 2 heterocycles. The number of halogens is 2. The minimum atomic E-state index is -1.95. The van der Waals surface area contributed by atoms with E-state index in [0.29, 0.717) is 11.3 Å². The maximum Gasteiger partial charge on any atom is 0.236 e. The van der Waals surface area contributed by atoms with E-state index in [1.54, 1.807) is 13.0 Å². The van der Waals surface area contributed by atoms with E-state index in [-0.39, 0.29) is 62.9 Å². The van der Waals surface area contributed by atoms with E-state index in [1.165, 1.54) is 32.4 Å². The first-order chi connectivity index (χ1) is 17.5. The molecular formula is C25H22Cl2N2O8. The van der Waals surface area contributed by atoms with Crippen LogP contribution in [0.1, 0.15) is 41.6 Å². The Labute approximate surface area is 221 Å². The van der Waals surface area contributed by atoms with E-state index < -0.39 is 34.2 Å². The Morgan fingerprint density at radius 2 is 1.81 bits per heavy atom. The summed E-state index contributed by atoms with van der Waals surface area (Å²) in [6.07, 6.45) is 0.0221. The third kappa shape index (κ3) is 3.63. The molecule has 1 aliphatic carbocycles. The maximum atomic E-state index is 14.3. The maximum absolute atomic E-state index is 14.3. The number of nitrogens with one attached hydrogen (secondary N) is 2. The van der Waals surface area contributed by atoms with Crippen LogP contribution in [0.5, 0.6) is 17.2 Å². The summed E-state index contributed by atoms with van der Waals surface area (Å²) in [6.45, 7) is 1.68. The van der Waals surface area contributed by atoms with Gasteiger partial charge in [0.15, 0.2) is 11.4 Å². The van der Waals surface area contributed by atoms with Crippen molar-refractivity contribution in [1.29, 1.82) is 0 Å². The van der Waals surface area contributed by atoms with E-state index >= 15 is 0 Å². The molecule has 2 aliphatic heterocycles. The zero-order valence-electron chi connectivity index (χ0n) is 19.9. The molecule has 0 saturated carbocycles. The number of ketones is 2. The molecule has 1 spiro atoms. The fourth-order valence-electron chi connectivity index (χ4n) is 5.40. The normalized spacial score (nSPS) is 25.4. The first kappa shape index (κ1) is 25.5. The molecule has 2 aromatic rings. The van der Waals surface area contributed by atoms with Gasteiger partial charge in [0, 0.05) is 41.7 Å². The van der Waals surface area contributed by atoms with Crippen LogP contribution in [0.2, 0.25) is 10.0 Å². The molecule has 5 rings (SSSR count). The lowest BCUT2D eigenvalue weighted by molar-refractivity contribution is -0.991. The molecule has 0 radical (unpaired) electrons. The second kappa shape index (κ2) is 9.00. The number of ether oxygens (including phenoxy) is 3. The lowest BCUT2D eigenvalue weighted by Gasteiger charge is -2.41. The van der Waals surface area contributed by atoms with Gasteiger partial charge in [0.05, 0.1) is 14.2 Å². The standard InChI is InChI=1S/C25H22Cl2N2O8/c1-10-6-14-19(12(8-18(30)28-14)11-4-5-13(26)15(7-11)29(33)34)23(31)25(10)24(32)20-16(35-2)9-17(36-3)21(27)22(20)37-25/h4-5,7,9-10,12,29,33H,6,8H2,1-3H3,(H,28,30)/t10-,12?,25+/m1/s1. The number of hydrogen-bond donors (Lipinski definition) is 3. The van der Waals surface area contributed by atoms with E-state index in [0.717, 1.165) is 0 Å². The summed E-state index contributed by atoms with van der Waals surface area (Å²) in [4.78, 5) is 40.9. The molecule has 4 atom stereocenters. The monoisotopic (exact) mass is 548 g/mol. The number of carbonyl (C=O) groups is 3. The molecule has 194 valence electrons. The zero-order valence-corrected chi connectivity index (χ0v) is 21.5. The number of carbonyl (C=O) groups excluding carboxylic acids is 3. The van der Waals surface area contributed by atoms with Crippen molar-refractivity contribution >= 4 is 46.4 Å². The minimum absolute atomic E-state index is 0.0110. The molecule has 0 fully saturated rings. The Balaban J connectivity index is 1.66. The first-order valence-electron chi connectivity index (χ1n) is 11.3. The molecule has 0 bridgehead atoms. The van der Waals surface area contributed by atoms with Crippen molar-refractivity contribution in [1.82, 2.24) is 5.32 Å². The fraction of sp³-hybridized carbons (Fsp3) is 0.320. The van der Waals surface area contributed by atoms with Crippen LogP contribution in [0, 0.1) is 11.1 Å². The Hall–Kier alpha value is -3.15. The van der Waals surface area contributed by atoms with Gasteiger partial charge in [0.2, 0.25) is 23.1 Å². The Kier molecular flexibility index (Phi) is 6.20. The van der Waals surface area contributed by atoms with E-state index in [9.17, 15) is 24.8 Å². The predicted octanol–water partition coefficient (Wildman–Crippen LogP) is 2.89. The van der Waals surface area contributed by atoms with E-state index in [1.807, 2.05) is 0 Å². The summed E-state index contributed by atoms with van der Waals surface area (Å²) in [7, 11) is 2.78. The molecule has 2 aromatic carbocycles. The summed E-state index contributed by atoms with van der Waals surface area (Å²) >= 11 is 12.5. The largest absolute Gasteiger partial charge is 0.595 e. The van der Waals surface area contributed by atoms with Crippen LogP contribution in [-0.4, -0.2) is 42.5 Å². The predicted molar refractivity (Wildman–Crippen MR) is 131 cm³/mol. The zero-order chi connectivity index (χ0) is 26.8. The average Bonchev–Trinajstić information content (AvgIpc) is 3.17. The van der Waals surface area contributed by atoms with Crippen molar-refractivity contribution in [2.24, 2.45) is 5.92 Å². The van der Waals surface area contributed by atoms with Gasteiger partial charge in [0.1, 0.15) is 27.1 Å². The number of rotatable bonds is 4. The molecule has 1 amide bonds. The highest BCUT2D eigenvalue weighted by Crippen LogP contribution is 2.55. The number of amides is 1. The lowest BCUT2D eigenvalue weighted by atomic mass is 9.66. The molecule has 0 aromatic heterocycles. The van der Waals surface area contributed by atoms with Crippen LogP contribution >= 0.6 is 23.2 Å². The summed E-state index contributed by atoms with van der Waals surface area (Å²) in [5, 5.41) is 22.8. The summed E-state index contributed by atoms with van der Waals surface area (Å²) < 4.78 is 16.9. The molecule has 3 aliphatic rings.